The van der Waals surface area contributed by atoms with Crippen LogP contribution in [0.4, 0.5) is 5.69 Å². The summed E-state index contributed by atoms with van der Waals surface area (Å²) in [4.78, 5) is 13.7. The average Bonchev–Trinajstić information content (AvgIpc) is 2.37. The second kappa shape index (κ2) is 5.66. The first-order chi connectivity index (χ1) is 9.79. The summed E-state index contributed by atoms with van der Waals surface area (Å²) in [7, 11) is -3.76. The molecule has 0 saturated carbocycles. The molecule has 0 aliphatic carbocycles. The van der Waals surface area contributed by atoms with Crippen molar-refractivity contribution in [2.24, 2.45) is 0 Å². The fourth-order valence-electron chi connectivity index (χ4n) is 1.64. The van der Waals surface area contributed by atoms with Gasteiger partial charge in [0.2, 0.25) is 5.75 Å². The molecule has 110 valence electrons. The van der Waals surface area contributed by atoms with Crippen molar-refractivity contribution in [2.45, 2.75) is 4.90 Å². The molecule has 1 heterocycles. The number of sulfone groups is 1. The summed E-state index contributed by atoms with van der Waals surface area (Å²) in [5, 5.41) is 11.5. The molecule has 0 fully saturated rings. The van der Waals surface area contributed by atoms with Gasteiger partial charge in [0, 0.05) is 18.5 Å². The molecular formula is C12H9ClN2O5S. The van der Waals surface area contributed by atoms with Crippen molar-refractivity contribution in [3.05, 3.63) is 51.8 Å². The lowest BCUT2D eigenvalue weighted by molar-refractivity contribution is -0.388. The topological polar surface area (TPSA) is 99.4 Å². The molecule has 2 rings (SSSR count). The maximum Gasteiger partial charge on any atom is 0.330 e. The Morgan fingerprint density at radius 1 is 1.33 bits per heavy atom. The number of aromatic nitrogens is 1. The van der Waals surface area contributed by atoms with E-state index >= 15 is 0 Å². The number of para-hydroxylation sites is 1. The Labute approximate surface area is 125 Å². The van der Waals surface area contributed by atoms with Crippen LogP contribution in [-0.4, -0.2) is 24.6 Å². The number of nitro groups is 1. The number of nitrogens with zero attached hydrogens (tertiary/aromatic N) is 2. The molecule has 0 amide bonds. The normalized spacial score (nSPS) is 11.1. The lowest BCUT2D eigenvalue weighted by atomic mass is 10.3. The first-order valence-corrected chi connectivity index (χ1v) is 7.82. The number of hydrogen-bond acceptors (Lipinski definition) is 6. The van der Waals surface area contributed by atoms with Crippen LogP contribution >= 0.6 is 11.6 Å². The number of halogens is 1. The largest absolute Gasteiger partial charge is 0.448 e. The van der Waals surface area contributed by atoms with Gasteiger partial charge in [-0.15, -0.1) is 0 Å². The van der Waals surface area contributed by atoms with Crippen LogP contribution in [0.2, 0.25) is 5.02 Å². The summed E-state index contributed by atoms with van der Waals surface area (Å²) < 4.78 is 28.6. The second-order valence-corrected chi connectivity index (χ2v) is 6.49. The van der Waals surface area contributed by atoms with E-state index in [1.165, 1.54) is 30.6 Å². The van der Waals surface area contributed by atoms with Crippen molar-refractivity contribution in [2.75, 3.05) is 6.26 Å². The number of hydrogen-bond donors (Lipinski definition) is 0. The van der Waals surface area contributed by atoms with Crippen molar-refractivity contribution < 1.29 is 18.1 Å². The van der Waals surface area contributed by atoms with Crippen LogP contribution in [0.25, 0.3) is 0 Å². The quantitative estimate of drug-likeness (QED) is 0.632. The first kappa shape index (κ1) is 15.2. The van der Waals surface area contributed by atoms with Crippen LogP contribution in [0.3, 0.4) is 0 Å². The third kappa shape index (κ3) is 3.47. The van der Waals surface area contributed by atoms with Crippen LogP contribution in [0, 0.1) is 10.1 Å². The highest BCUT2D eigenvalue weighted by atomic mass is 35.5. The molecule has 21 heavy (non-hydrogen) atoms. The van der Waals surface area contributed by atoms with Gasteiger partial charge in [0.05, 0.1) is 16.1 Å². The van der Waals surface area contributed by atoms with Crippen molar-refractivity contribution >= 4 is 27.1 Å². The number of pyridine rings is 1. The number of nitro benzene ring substituents is 1. The van der Waals surface area contributed by atoms with Gasteiger partial charge in [0.25, 0.3) is 0 Å². The van der Waals surface area contributed by atoms with Crippen LogP contribution in [0.5, 0.6) is 11.5 Å². The minimum atomic E-state index is -3.76. The van der Waals surface area contributed by atoms with Gasteiger partial charge >= 0.3 is 5.69 Å². The smallest absolute Gasteiger partial charge is 0.330 e. The third-order valence-corrected chi connectivity index (χ3v) is 3.79. The molecule has 0 saturated heterocycles. The molecule has 0 spiro atoms. The molecule has 0 atom stereocenters. The van der Waals surface area contributed by atoms with E-state index in [1.54, 1.807) is 0 Å². The van der Waals surface area contributed by atoms with Crippen LogP contribution in [-0.2, 0) is 9.84 Å². The number of rotatable bonds is 4. The van der Waals surface area contributed by atoms with Crippen molar-refractivity contribution in [1.29, 1.82) is 0 Å². The molecule has 1 aromatic heterocycles. The summed E-state index contributed by atoms with van der Waals surface area (Å²) in [6, 6.07) is 5.21. The van der Waals surface area contributed by atoms with Crippen molar-refractivity contribution in [3.63, 3.8) is 0 Å². The number of ether oxygens (including phenoxy) is 1. The summed E-state index contributed by atoms with van der Waals surface area (Å²) in [5.74, 6) is -0.0387. The van der Waals surface area contributed by atoms with Crippen LogP contribution in [0.1, 0.15) is 0 Å². The standard InChI is InChI=1S/C12H9ClN2O5S/c1-21(18,19)11-4-2-3-10(12(11)15(16)17)20-9-5-8(13)6-14-7-9/h2-7H,1H3. The van der Waals surface area contributed by atoms with E-state index in [1.807, 2.05) is 0 Å². The lowest BCUT2D eigenvalue weighted by Gasteiger charge is -2.08. The molecule has 0 N–H and O–H groups in total. The number of benzene rings is 1. The van der Waals surface area contributed by atoms with Gasteiger partial charge in [-0.3, -0.25) is 15.1 Å². The predicted molar refractivity (Wildman–Crippen MR) is 75.5 cm³/mol. The Morgan fingerprint density at radius 3 is 2.62 bits per heavy atom. The molecule has 0 aliphatic rings. The predicted octanol–water partition coefficient (Wildman–Crippen LogP) is 2.84. The van der Waals surface area contributed by atoms with E-state index in [2.05, 4.69) is 4.98 Å². The zero-order chi connectivity index (χ0) is 15.6. The summed E-state index contributed by atoms with van der Waals surface area (Å²) >= 11 is 5.75. The van der Waals surface area contributed by atoms with E-state index in [0.717, 1.165) is 12.3 Å². The zero-order valence-electron chi connectivity index (χ0n) is 10.7. The molecular weight excluding hydrogens is 320 g/mol. The van der Waals surface area contributed by atoms with E-state index in [9.17, 15) is 18.5 Å². The van der Waals surface area contributed by atoms with E-state index in [0.29, 0.717) is 0 Å². The van der Waals surface area contributed by atoms with Crippen LogP contribution < -0.4 is 4.74 Å². The van der Waals surface area contributed by atoms with Gasteiger partial charge in [0.1, 0.15) is 10.6 Å². The Bertz CT molecular complexity index is 807. The van der Waals surface area contributed by atoms with E-state index < -0.39 is 25.3 Å². The Balaban J connectivity index is 2.57. The minimum absolute atomic E-state index is 0.163. The second-order valence-electron chi connectivity index (χ2n) is 4.07. The molecule has 0 aliphatic heterocycles. The highest BCUT2D eigenvalue weighted by molar-refractivity contribution is 7.90. The zero-order valence-corrected chi connectivity index (χ0v) is 12.3. The molecule has 7 nitrogen and oxygen atoms in total. The summed E-state index contributed by atoms with van der Waals surface area (Å²) in [5.41, 5.74) is -0.625. The maximum atomic E-state index is 11.6. The third-order valence-electron chi connectivity index (χ3n) is 2.45. The van der Waals surface area contributed by atoms with Crippen molar-refractivity contribution in [1.82, 2.24) is 4.98 Å². The monoisotopic (exact) mass is 328 g/mol. The fourth-order valence-corrected chi connectivity index (χ4v) is 2.65. The highest BCUT2D eigenvalue weighted by Gasteiger charge is 2.27. The van der Waals surface area contributed by atoms with E-state index in [-0.39, 0.29) is 16.5 Å². The van der Waals surface area contributed by atoms with Gasteiger partial charge in [-0.05, 0) is 12.1 Å². The molecule has 9 heteroatoms. The summed E-state index contributed by atoms with van der Waals surface area (Å²) in [6.07, 6.45) is 3.57. The van der Waals surface area contributed by atoms with Gasteiger partial charge in [-0.25, -0.2) is 8.42 Å². The van der Waals surface area contributed by atoms with Gasteiger partial charge in [-0.1, -0.05) is 17.7 Å². The molecule has 0 bridgehead atoms. The first-order valence-electron chi connectivity index (χ1n) is 5.55. The van der Waals surface area contributed by atoms with Crippen molar-refractivity contribution in [3.8, 4) is 11.5 Å². The SMILES string of the molecule is CS(=O)(=O)c1cccc(Oc2cncc(Cl)c2)c1[N+](=O)[O-]. The fraction of sp³-hybridized carbons (Fsp3) is 0.0833. The lowest BCUT2D eigenvalue weighted by Crippen LogP contribution is -2.04. The Hall–Kier alpha value is -2.19. The highest BCUT2D eigenvalue weighted by Crippen LogP contribution is 2.36. The van der Waals surface area contributed by atoms with Gasteiger partial charge in [-0.2, -0.15) is 0 Å². The van der Waals surface area contributed by atoms with Crippen LogP contribution in [0.15, 0.2) is 41.6 Å². The molecule has 0 unspecified atom stereocenters. The molecule has 1 aromatic carbocycles. The molecule has 2 aromatic rings. The maximum absolute atomic E-state index is 11.6. The van der Waals surface area contributed by atoms with Gasteiger partial charge in [0.15, 0.2) is 9.84 Å². The Morgan fingerprint density at radius 2 is 2.05 bits per heavy atom. The Kier molecular flexibility index (Phi) is 4.10. The van der Waals surface area contributed by atoms with Gasteiger partial charge < -0.3 is 4.74 Å². The molecule has 0 radical (unpaired) electrons. The minimum Gasteiger partial charge on any atom is -0.448 e. The summed E-state index contributed by atoms with van der Waals surface area (Å²) in [6.45, 7) is 0. The average molecular weight is 329 g/mol. The van der Waals surface area contributed by atoms with E-state index in [4.69, 9.17) is 16.3 Å².